The number of nitrogens with one attached hydrogen (secondary N) is 1. The van der Waals surface area contributed by atoms with Gasteiger partial charge in [0.15, 0.2) is 5.76 Å². The monoisotopic (exact) mass is 381 g/mol. The molecule has 0 radical (unpaired) electrons. The molecule has 27 heavy (non-hydrogen) atoms. The van der Waals surface area contributed by atoms with Gasteiger partial charge in [-0.25, -0.2) is 0 Å². The van der Waals surface area contributed by atoms with Crippen molar-refractivity contribution in [1.29, 1.82) is 0 Å². The van der Waals surface area contributed by atoms with E-state index in [9.17, 15) is 4.79 Å². The second-order valence-corrected chi connectivity index (χ2v) is 8.11. The predicted molar refractivity (Wildman–Crippen MR) is 107 cm³/mol. The van der Waals surface area contributed by atoms with Crippen LogP contribution in [0.4, 0.5) is 5.00 Å². The number of amides is 1. The van der Waals surface area contributed by atoms with Crippen molar-refractivity contribution in [3.63, 3.8) is 0 Å². The van der Waals surface area contributed by atoms with Gasteiger partial charge in [-0.3, -0.25) is 14.7 Å². The van der Waals surface area contributed by atoms with Crippen LogP contribution in [0, 0.1) is 13.8 Å². The Morgan fingerprint density at radius 2 is 2.07 bits per heavy atom. The minimum absolute atomic E-state index is 0.0954. The normalized spacial score (nSPS) is 15.8. The average molecular weight is 382 g/mol. The van der Waals surface area contributed by atoms with Gasteiger partial charge in [0.2, 0.25) is 0 Å². The van der Waals surface area contributed by atoms with E-state index in [0.717, 1.165) is 23.7 Å². The van der Waals surface area contributed by atoms with Crippen molar-refractivity contribution < 1.29 is 9.21 Å². The van der Waals surface area contributed by atoms with Crippen LogP contribution in [-0.4, -0.2) is 28.9 Å². The maximum atomic E-state index is 12.6. The number of thiophene rings is 1. The van der Waals surface area contributed by atoms with Crippen molar-refractivity contribution in [2.45, 2.75) is 32.7 Å². The molecule has 6 heteroatoms. The molecule has 1 aliphatic heterocycles. The summed E-state index contributed by atoms with van der Waals surface area (Å²) in [6.07, 6.45) is 7.66. The Kier molecular flexibility index (Phi) is 5.09. The molecule has 0 aromatic carbocycles. The zero-order valence-corrected chi connectivity index (χ0v) is 16.4. The smallest absolute Gasteiger partial charge is 0.291 e. The van der Waals surface area contributed by atoms with Gasteiger partial charge >= 0.3 is 0 Å². The van der Waals surface area contributed by atoms with E-state index in [2.05, 4.69) is 35.1 Å². The Labute approximate surface area is 163 Å². The van der Waals surface area contributed by atoms with Gasteiger partial charge in [0.05, 0.1) is 12.3 Å². The Bertz CT molecular complexity index is 913. The van der Waals surface area contributed by atoms with E-state index in [0.29, 0.717) is 5.76 Å². The lowest BCUT2D eigenvalue weighted by atomic mass is 9.96. The Morgan fingerprint density at radius 3 is 2.74 bits per heavy atom. The third-order valence-corrected chi connectivity index (χ3v) is 6.32. The summed E-state index contributed by atoms with van der Waals surface area (Å²) in [7, 11) is 0. The molecule has 1 atom stereocenters. The average Bonchev–Trinajstić information content (AvgIpc) is 3.42. The highest BCUT2D eigenvalue weighted by atomic mass is 32.1. The largest absolute Gasteiger partial charge is 0.459 e. The van der Waals surface area contributed by atoms with Crippen LogP contribution in [0.5, 0.6) is 0 Å². The molecule has 0 saturated carbocycles. The molecular weight excluding hydrogens is 358 g/mol. The van der Waals surface area contributed by atoms with Crippen LogP contribution in [0.25, 0.3) is 0 Å². The van der Waals surface area contributed by atoms with Gasteiger partial charge in [0.25, 0.3) is 5.91 Å². The van der Waals surface area contributed by atoms with Crippen molar-refractivity contribution >= 4 is 22.2 Å². The topological polar surface area (TPSA) is 58.4 Å². The second-order valence-electron chi connectivity index (χ2n) is 6.89. The molecule has 0 bridgehead atoms. The lowest BCUT2D eigenvalue weighted by Gasteiger charge is -2.29. The molecule has 1 aliphatic rings. The minimum Gasteiger partial charge on any atom is -0.459 e. The lowest BCUT2D eigenvalue weighted by Crippen LogP contribution is -2.28. The standard InChI is InChI=1S/C21H23N3O2S/c1-14-15(2)27-21(23-20(25)17-8-6-12-26-17)18(14)19(24-10-3-4-11-24)16-7-5-9-22-13-16/h5-9,12-13,19H,3-4,10-11H2,1-2H3,(H,23,25)/t19-/m0/s1. The predicted octanol–water partition coefficient (Wildman–Crippen LogP) is 4.79. The third kappa shape index (κ3) is 3.55. The van der Waals surface area contributed by atoms with Crippen LogP contribution in [0.1, 0.15) is 51.0 Å². The number of aromatic nitrogens is 1. The van der Waals surface area contributed by atoms with Crippen LogP contribution in [-0.2, 0) is 0 Å². The van der Waals surface area contributed by atoms with Crippen molar-refractivity contribution in [1.82, 2.24) is 9.88 Å². The molecule has 1 saturated heterocycles. The molecule has 1 amide bonds. The quantitative estimate of drug-likeness (QED) is 0.690. The van der Waals surface area contributed by atoms with Crippen LogP contribution in [0.15, 0.2) is 47.3 Å². The fourth-order valence-corrected chi connectivity index (χ4v) is 4.82. The zero-order chi connectivity index (χ0) is 18.8. The van der Waals surface area contributed by atoms with Crippen molar-refractivity contribution in [3.05, 3.63) is 70.3 Å². The molecule has 1 N–H and O–H groups in total. The van der Waals surface area contributed by atoms with Crippen molar-refractivity contribution in [2.75, 3.05) is 18.4 Å². The number of pyridine rings is 1. The van der Waals surface area contributed by atoms with Gasteiger partial charge < -0.3 is 9.73 Å². The van der Waals surface area contributed by atoms with Crippen LogP contribution in [0.3, 0.4) is 0 Å². The fraction of sp³-hybridized carbons (Fsp3) is 0.333. The number of hydrogen-bond acceptors (Lipinski definition) is 5. The number of anilines is 1. The molecule has 4 heterocycles. The van der Waals surface area contributed by atoms with Gasteiger partial charge in [0.1, 0.15) is 5.00 Å². The highest BCUT2D eigenvalue weighted by molar-refractivity contribution is 7.16. The van der Waals surface area contributed by atoms with E-state index < -0.39 is 0 Å². The van der Waals surface area contributed by atoms with E-state index in [-0.39, 0.29) is 11.9 Å². The van der Waals surface area contributed by atoms with Gasteiger partial charge in [-0.15, -0.1) is 11.3 Å². The summed E-state index contributed by atoms with van der Waals surface area (Å²) in [6, 6.07) is 7.61. The summed E-state index contributed by atoms with van der Waals surface area (Å²) < 4.78 is 5.26. The summed E-state index contributed by atoms with van der Waals surface area (Å²) in [5, 5.41) is 3.98. The Balaban J connectivity index is 1.76. The van der Waals surface area contributed by atoms with E-state index in [1.54, 1.807) is 29.7 Å². The summed E-state index contributed by atoms with van der Waals surface area (Å²) in [6.45, 7) is 6.36. The molecule has 3 aromatic rings. The molecule has 4 rings (SSSR count). The number of nitrogens with zero attached hydrogens (tertiary/aromatic N) is 2. The highest BCUT2D eigenvalue weighted by Crippen LogP contribution is 2.43. The molecule has 0 unspecified atom stereocenters. The first-order valence-electron chi connectivity index (χ1n) is 9.24. The highest BCUT2D eigenvalue weighted by Gasteiger charge is 2.31. The van der Waals surface area contributed by atoms with Crippen molar-refractivity contribution in [3.8, 4) is 0 Å². The molecule has 0 spiro atoms. The van der Waals surface area contributed by atoms with Gasteiger partial charge in [0, 0.05) is 22.8 Å². The third-order valence-electron chi connectivity index (χ3n) is 5.18. The van der Waals surface area contributed by atoms with E-state index in [4.69, 9.17) is 4.42 Å². The maximum absolute atomic E-state index is 12.6. The van der Waals surface area contributed by atoms with Gasteiger partial charge in [-0.05, 0) is 69.1 Å². The van der Waals surface area contributed by atoms with E-state index >= 15 is 0 Å². The van der Waals surface area contributed by atoms with Crippen molar-refractivity contribution in [2.24, 2.45) is 0 Å². The molecule has 3 aromatic heterocycles. The summed E-state index contributed by atoms with van der Waals surface area (Å²) in [4.78, 5) is 20.7. The van der Waals surface area contributed by atoms with Crippen LogP contribution < -0.4 is 5.32 Å². The van der Waals surface area contributed by atoms with Crippen LogP contribution in [0.2, 0.25) is 0 Å². The maximum Gasteiger partial charge on any atom is 0.291 e. The van der Waals surface area contributed by atoms with Gasteiger partial charge in [-0.2, -0.15) is 0 Å². The van der Waals surface area contributed by atoms with E-state index in [1.807, 2.05) is 12.3 Å². The zero-order valence-electron chi connectivity index (χ0n) is 15.6. The Hall–Kier alpha value is -2.44. The molecule has 0 aliphatic carbocycles. The van der Waals surface area contributed by atoms with Gasteiger partial charge in [-0.1, -0.05) is 6.07 Å². The second kappa shape index (κ2) is 7.66. The molecule has 5 nitrogen and oxygen atoms in total. The number of likely N-dealkylation sites (tertiary alicyclic amines) is 1. The molecule has 1 fully saturated rings. The van der Waals surface area contributed by atoms with Crippen LogP contribution >= 0.6 is 11.3 Å². The first-order chi connectivity index (χ1) is 13.1. The number of furan rings is 1. The lowest BCUT2D eigenvalue weighted by molar-refractivity contribution is 0.0997. The number of hydrogen-bond donors (Lipinski definition) is 1. The van der Waals surface area contributed by atoms with E-state index in [1.165, 1.54) is 35.1 Å². The first kappa shape index (κ1) is 17.9. The summed E-state index contributed by atoms with van der Waals surface area (Å²) in [5.41, 5.74) is 3.57. The fourth-order valence-electron chi connectivity index (χ4n) is 3.74. The molecular formula is C21H23N3O2S. The number of rotatable bonds is 5. The Morgan fingerprint density at radius 1 is 1.26 bits per heavy atom. The summed E-state index contributed by atoms with van der Waals surface area (Å²) in [5.74, 6) is 0.109. The SMILES string of the molecule is Cc1sc(NC(=O)c2ccco2)c([C@H](c2cccnc2)N2CCCC2)c1C. The number of aryl methyl sites for hydroxylation is 1. The molecule has 140 valence electrons. The minimum atomic E-state index is -0.214. The number of carbonyl (C=O) groups excluding carboxylic acids is 1. The first-order valence-corrected chi connectivity index (χ1v) is 10.1. The summed E-state index contributed by atoms with van der Waals surface area (Å²) >= 11 is 1.63. The number of carbonyl (C=O) groups is 1.